The van der Waals surface area contributed by atoms with Crippen LogP contribution in [0.15, 0.2) is 42.8 Å². The van der Waals surface area contributed by atoms with Crippen molar-refractivity contribution in [2.75, 3.05) is 14.2 Å². The summed E-state index contributed by atoms with van der Waals surface area (Å²) in [6.45, 7) is 0. The summed E-state index contributed by atoms with van der Waals surface area (Å²) in [5, 5.41) is 9.46. The van der Waals surface area contributed by atoms with Gasteiger partial charge in [-0.3, -0.25) is 4.98 Å². The van der Waals surface area contributed by atoms with E-state index in [1.807, 2.05) is 30.3 Å². The van der Waals surface area contributed by atoms with E-state index < -0.39 is 7.12 Å². The van der Waals surface area contributed by atoms with Gasteiger partial charge in [-0.15, -0.1) is 0 Å². The second-order valence-corrected chi connectivity index (χ2v) is 4.94. The third-order valence-corrected chi connectivity index (χ3v) is 3.56. The monoisotopic (exact) mass is 297 g/mol. The lowest BCUT2D eigenvalue weighted by molar-refractivity contribution is 0.353. The molecule has 5 nitrogen and oxygen atoms in total. The maximum Gasteiger partial charge on any atom is 0.526 e. The highest BCUT2D eigenvalue weighted by Gasteiger charge is 2.23. The van der Waals surface area contributed by atoms with Gasteiger partial charge in [0, 0.05) is 17.9 Å². The van der Waals surface area contributed by atoms with Crippen molar-refractivity contribution in [1.82, 2.24) is 4.98 Å². The number of hydrogen-bond donors (Lipinski definition) is 1. The standard InChI is InChI=1S/C16H16BNO4/c1-20-15-7-14(18-9-16(15)21-2)12-5-3-4-11(6-12)13-8-17(19)22-10-13/h3-7,9-10,19H,8H2,1-2H3. The predicted molar refractivity (Wildman–Crippen MR) is 84.6 cm³/mol. The average Bonchev–Trinajstić information content (AvgIpc) is 3.01. The minimum atomic E-state index is -0.752. The molecule has 2 heterocycles. The summed E-state index contributed by atoms with van der Waals surface area (Å²) in [4.78, 5) is 4.41. The van der Waals surface area contributed by atoms with Crippen LogP contribution in [-0.2, 0) is 4.65 Å². The van der Waals surface area contributed by atoms with Crippen molar-refractivity contribution in [2.45, 2.75) is 6.32 Å². The average molecular weight is 297 g/mol. The molecule has 3 rings (SSSR count). The highest BCUT2D eigenvalue weighted by atomic mass is 16.5. The van der Waals surface area contributed by atoms with Gasteiger partial charge >= 0.3 is 7.12 Å². The summed E-state index contributed by atoms with van der Waals surface area (Å²) in [6.07, 6.45) is 3.73. The number of aromatic nitrogens is 1. The third-order valence-electron chi connectivity index (χ3n) is 3.56. The molecule has 1 aliphatic heterocycles. The normalized spacial score (nSPS) is 13.6. The summed E-state index contributed by atoms with van der Waals surface area (Å²) >= 11 is 0. The lowest BCUT2D eigenvalue weighted by Crippen LogP contribution is -2.08. The Balaban J connectivity index is 1.95. The van der Waals surface area contributed by atoms with Crippen LogP contribution < -0.4 is 9.47 Å². The smallest absolute Gasteiger partial charge is 0.526 e. The molecule has 0 spiro atoms. The topological polar surface area (TPSA) is 60.8 Å². The van der Waals surface area contributed by atoms with E-state index in [-0.39, 0.29) is 0 Å². The lowest BCUT2D eigenvalue weighted by Gasteiger charge is -2.10. The molecule has 1 aromatic heterocycles. The van der Waals surface area contributed by atoms with Crippen LogP contribution in [0.4, 0.5) is 0 Å². The van der Waals surface area contributed by atoms with Crippen LogP contribution in [0.1, 0.15) is 5.56 Å². The Kier molecular flexibility index (Phi) is 4.02. The summed E-state index contributed by atoms with van der Waals surface area (Å²) in [6, 6.07) is 9.77. The van der Waals surface area contributed by atoms with Gasteiger partial charge in [-0.1, -0.05) is 18.2 Å². The van der Waals surface area contributed by atoms with Crippen molar-refractivity contribution in [1.29, 1.82) is 0 Å². The fourth-order valence-corrected chi connectivity index (χ4v) is 2.40. The van der Waals surface area contributed by atoms with Gasteiger partial charge in [-0.2, -0.15) is 0 Å². The number of pyridine rings is 1. The van der Waals surface area contributed by atoms with Crippen LogP contribution in [-0.4, -0.2) is 31.3 Å². The highest BCUT2D eigenvalue weighted by Crippen LogP contribution is 2.32. The van der Waals surface area contributed by atoms with Gasteiger partial charge in [-0.25, -0.2) is 0 Å². The van der Waals surface area contributed by atoms with Gasteiger partial charge in [0.15, 0.2) is 11.5 Å². The number of hydrogen-bond acceptors (Lipinski definition) is 5. The Labute approximate surface area is 129 Å². The summed E-state index contributed by atoms with van der Waals surface area (Å²) < 4.78 is 15.6. The molecule has 0 bridgehead atoms. The number of allylic oxidation sites excluding steroid dienone is 1. The zero-order chi connectivity index (χ0) is 15.5. The van der Waals surface area contributed by atoms with E-state index in [0.29, 0.717) is 17.8 Å². The van der Waals surface area contributed by atoms with Crippen LogP contribution in [0, 0.1) is 0 Å². The quantitative estimate of drug-likeness (QED) is 0.879. The van der Waals surface area contributed by atoms with Crippen molar-refractivity contribution in [3.63, 3.8) is 0 Å². The van der Waals surface area contributed by atoms with Gasteiger partial charge in [0.2, 0.25) is 0 Å². The number of methoxy groups -OCH3 is 2. The predicted octanol–water partition coefficient (Wildman–Crippen LogP) is 2.62. The molecular weight excluding hydrogens is 281 g/mol. The van der Waals surface area contributed by atoms with E-state index >= 15 is 0 Å². The van der Waals surface area contributed by atoms with Gasteiger partial charge in [-0.05, 0) is 17.2 Å². The van der Waals surface area contributed by atoms with E-state index in [1.165, 1.54) is 0 Å². The van der Waals surface area contributed by atoms with Crippen LogP contribution in [0.25, 0.3) is 16.8 Å². The summed E-state index contributed by atoms with van der Waals surface area (Å²) in [7, 11) is 2.43. The lowest BCUT2D eigenvalue weighted by atomic mass is 9.82. The first kappa shape index (κ1) is 14.5. The second-order valence-electron chi connectivity index (χ2n) is 4.94. The molecule has 0 saturated carbocycles. The van der Waals surface area contributed by atoms with Crippen molar-refractivity contribution in [3.8, 4) is 22.8 Å². The molecule has 112 valence electrons. The molecule has 22 heavy (non-hydrogen) atoms. The second kappa shape index (κ2) is 6.11. The zero-order valence-corrected chi connectivity index (χ0v) is 12.4. The number of ether oxygens (including phenoxy) is 2. The Morgan fingerprint density at radius 2 is 1.91 bits per heavy atom. The van der Waals surface area contributed by atoms with Crippen LogP contribution in [0.3, 0.4) is 0 Å². The maximum atomic E-state index is 9.46. The first-order valence-electron chi connectivity index (χ1n) is 6.92. The Morgan fingerprint density at radius 1 is 1.14 bits per heavy atom. The van der Waals surface area contributed by atoms with Crippen molar-refractivity contribution in [3.05, 3.63) is 48.4 Å². The van der Waals surface area contributed by atoms with E-state index in [4.69, 9.17) is 14.1 Å². The highest BCUT2D eigenvalue weighted by molar-refractivity contribution is 6.47. The minimum Gasteiger partial charge on any atom is -0.542 e. The van der Waals surface area contributed by atoms with Gasteiger partial charge in [0.25, 0.3) is 0 Å². The first-order chi connectivity index (χ1) is 10.7. The SMILES string of the molecule is COc1cnc(-c2cccc(C3=COB(O)C3)c2)cc1OC. The minimum absolute atomic E-state index is 0.489. The third kappa shape index (κ3) is 2.78. The van der Waals surface area contributed by atoms with E-state index in [0.717, 1.165) is 22.4 Å². The van der Waals surface area contributed by atoms with Crippen LogP contribution in [0.2, 0.25) is 6.32 Å². The van der Waals surface area contributed by atoms with E-state index in [1.54, 1.807) is 26.7 Å². The fourth-order valence-electron chi connectivity index (χ4n) is 2.40. The fraction of sp³-hybridized carbons (Fsp3) is 0.188. The molecule has 6 heteroatoms. The van der Waals surface area contributed by atoms with Crippen molar-refractivity contribution < 1.29 is 19.2 Å². The summed E-state index contributed by atoms with van der Waals surface area (Å²) in [5.41, 5.74) is 3.72. The molecule has 0 saturated heterocycles. The summed E-state index contributed by atoms with van der Waals surface area (Å²) in [5.74, 6) is 1.23. The Bertz CT molecular complexity index is 717. The molecule has 0 unspecified atom stereocenters. The van der Waals surface area contributed by atoms with Crippen molar-refractivity contribution in [2.24, 2.45) is 0 Å². The van der Waals surface area contributed by atoms with Gasteiger partial charge in [0.05, 0.1) is 32.4 Å². The van der Waals surface area contributed by atoms with Crippen LogP contribution >= 0.6 is 0 Å². The molecule has 1 aromatic carbocycles. The van der Waals surface area contributed by atoms with Crippen LogP contribution in [0.5, 0.6) is 11.5 Å². The van der Waals surface area contributed by atoms with E-state index in [9.17, 15) is 5.02 Å². The Morgan fingerprint density at radius 3 is 2.59 bits per heavy atom. The molecule has 0 radical (unpaired) electrons. The van der Waals surface area contributed by atoms with E-state index in [2.05, 4.69) is 4.98 Å². The molecular formula is C16H16BNO4. The molecule has 1 N–H and O–H groups in total. The molecule has 2 aromatic rings. The van der Waals surface area contributed by atoms with Gasteiger partial charge in [0.1, 0.15) is 0 Å². The number of rotatable bonds is 4. The Hall–Kier alpha value is -2.47. The molecule has 0 fully saturated rings. The van der Waals surface area contributed by atoms with Crippen molar-refractivity contribution >= 4 is 12.7 Å². The number of benzene rings is 1. The molecule has 1 aliphatic rings. The first-order valence-corrected chi connectivity index (χ1v) is 6.92. The largest absolute Gasteiger partial charge is 0.542 e. The maximum absolute atomic E-state index is 9.46. The van der Waals surface area contributed by atoms with Gasteiger partial charge < -0.3 is 19.2 Å². The molecule has 0 amide bonds. The molecule has 0 aliphatic carbocycles. The number of nitrogens with zero attached hydrogens (tertiary/aromatic N) is 1. The zero-order valence-electron chi connectivity index (χ0n) is 12.4. The molecule has 0 atom stereocenters.